The van der Waals surface area contributed by atoms with Crippen molar-refractivity contribution in [3.8, 4) is 0 Å². The Morgan fingerprint density at radius 1 is 1.15 bits per heavy atom. The summed E-state index contributed by atoms with van der Waals surface area (Å²) in [5.74, 6) is -0.378. The molecule has 2 amide bonds. The maximum atomic E-state index is 12.2. The predicted octanol–water partition coefficient (Wildman–Crippen LogP) is 4.33. The van der Waals surface area contributed by atoms with E-state index in [1.54, 1.807) is 12.1 Å². The maximum Gasteiger partial charge on any atom is 0.251 e. The Balaban J connectivity index is 1.54. The van der Waals surface area contributed by atoms with E-state index in [1.807, 2.05) is 38.1 Å². The van der Waals surface area contributed by atoms with Gasteiger partial charge in [-0.05, 0) is 49.2 Å². The lowest BCUT2D eigenvalue weighted by atomic mass is 10.1. The summed E-state index contributed by atoms with van der Waals surface area (Å²) in [5, 5.41) is 5.63. The van der Waals surface area contributed by atoms with Crippen molar-refractivity contribution < 1.29 is 9.59 Å². The summed E-state index contributed by atoms with van der Waals surface area (Å²) >= 11 is 7.25. The Kier molecular flexibility index (Phi) is 5.54. The number of amides is 2. The topological polar surface area (TPSA) is 71.1 Å². The first-order chi connectivity index (χ1) is 12.4. The maximum absolute atomic E-state index is 12.2. The van der Waals surface area contributed by atoms with Crippen molar-refractivity contribution in [3.05, 3.63) is 57.6 Å². The molecule has 2 N–H and O–H groups in total. The van der Waals surface area contributed by atoms with Gasteiger partial charge in [0.15, 0.2) is 4.47 Å². The first-order valence-corrected chi connectivity index (χ1v) is 9.33. The number of anilines is 1. The number of hydrogen-bond donors (Lipinski definition) is 2. The number of nitrogens with one attached hydrogen (secondary N) is 2. The van der Waals surface area contributed by atoms with Crippen molar-refractivity contribution in [1.82, 2.24) is 10.3 Å². The molecule has 3 rings (SSSR count). The van der Waals surface area contributed by atoms with Crippen molar-refractivity contribution in [2.75, 3.05) is 11.9 Å². The van der Waals surface area contributed by atoms with Gasteiger partial charge in [0.1, 0.15) is 0 Å². The summed E-state index contributed by atoms with van der Waals surface area (Å²) in [6.45, 7) is 4.17. The van der Waals surface area contributed by atoms with Crippen molar-refractivity contribution >= 4 is 50.7 Å². The highest BCUT2D eigenvalue weighted by molar-refractivity contribution is 7.22. The molecule has 0 aliphatic rings. The molecule has 2 aromatic carbocycles. The standard InChI is InChI=1S/C19H18ClN3O2S/c1-11-3-4-12(2)14(9-11)22-17(24)7-8-21-18(25)13-5-6-16-15(10-13)23-19(20)26-16/h3-6,9-10H,7-8H2,1-2H3,(H,21,25)(H,22,24). The van der Waals surface area contributed by atoms with Crippen molar-refractivity contribution in [3.63, 3.8) is 0 Å². The van der Waals surface area contributed by atoms with E-state index in [-0.39, 0.29) is 24.8 Å². The minimum Gasteiger partial charge on any atom is -0.352 e. The van der Waals surface area contributed by atoms with Crippen LogP contribution in [0.15, 0.2) is 36.4 Å². The fourth-order valence-electron chi connectivity index (χ4n) is 2.52. The molecule has 0 saturated carbocycles. The van der Waals surface area contributed by atoms with E-state index < -0.39 is 0 Å². The zero-order valence-corrected chi connectivity index (χ0v) is 16.0. The van der Waals surface area contributed by atoms with E-state index in [1.165, 1.54) is 11.3 Å². The van der Waals surface area contributed by atoms with Gasteiger partial charge in [0.25, 0.3) is 5.91 Å². The molecule has 0 aliphatic carbocycles. The van der Waals surface area contributed by atoms with Crippen LogP contribution in [0.5, 0.6) is 0 Å². The van der Waals surface area contributed by atoms with Crippen LogP contribution < -0.4 is 10.6 Å². The van der Waals surface area contributed by atoms with Gasteiger partial charge in [-0.1, -0.05) is 23.7 Å². The number of thiazole rings is 1. The fourth-order valence-corrected chi connectivity index (χ4v) is 3.53. The van der Waals surface area contributed by atoms with E-state index in [4.69, 9.17) is 11.6 Å². The highest BCUT2D eigenvalue weighted by atomic mass is 35.5. The predicted molar refractivity (Wildman–Crippen MR) is 106 cm³/mol. The van der Waals surface area contributed by atoms with E-state index in [0.717, 1.165) is 21.5 Å². The molecule has 0 unspecified atom stereocenters. The van der Waals surface area contributed by atoms with E-state index >= 15 is 0 Å². The molecule has 0 atom stereocenters. The monoisotopic (exact) mass is 387 g/mol. The molecule has 0 aliphatic heterocycles. The number of halogens is 1. The van der Waals surface area contributed by atoms with Crippen LogP contribution in [0.1, 0.15) is 27.9 Å². The van der Waals surface area contributed by atoms with E-state index in [2.05, 4.69) is 15.6 Å². The smallest absolute Gasteiger partial charge is 0.251 e. The second kappa shape index (κ2) is 7.85. The van der Waals surface area contributed by atoms with Gasteiger partial charge in [-0.3, -0.25) is 9.59 Å². The first-order valence-electron chi connectivity index (χ1n) is 8.14. The SMILES string of the molecule is Cc1ccc(C)c(NC(=O)CCNC(=O)c2ccc3sc(Cl)nc3c2)c1. The van der Waals surface area contributed by atoms with Gasteiger partial charge in [0, 0.05) is 24.2 Å². The Labute approximate surface area is 160 Å². The molecule has 7 heteroatoms. The summed E-state index contributed by atoms with van der Waals surface area (Å²) in [6.07, 6.45) is 0.198. The lowest BCUT2D eigenvalue weighted by molar-refractivity contribution is -0.116. The molecule has 5 nitrogen and oxygen atoms in total. The third kappa shape index (κ3) is 4.39. The summed E-state index contributed by atoms with van der Waals surface area (Å²) < 4.78 is 1.38. The average Bonchev–Trinajstić information content (AvgIpc) is 2.97. The number of carbonyl (C=O) groups is 2. The van der Waals surface area contributed by atoms with Crippen LogP contribution in [0, 0.1) is 13.8 Å². The molecule has 0 fully saturated rings. The van der Waals surface area contributed by atoms with Crippen LogP contribution in [0.2, 0.25) is 4.47 Å². The molecule has 0 bridgehead atoms. The van der Waals surface area contributed by atoms with Gasteiger partial charge in [0.2, 0.25) is 5.91 Å². The summed E-state index contributed by atoms with van der Waals surface area (Å²) in [6, 6.07) is 11.1. The van der Waals surface area contributed by atoms with Crippen molar-refractivity contribution in [1.29, 1.82) is 0 Å². The van der Waals surface area contributed by atoms with Gasteiger partial charge >= 0.3 is 0 Å². The zero-order chi connectivity index (χ0) is 18.7. The van der Waals surface area contributed by atoms with Crippen LogP contribution in [0.3, 0.4) is 0 Å². The molecule has 0 radical (unpaired) electrons. The fraction of sp³-hybridized carbons (Fsp3) is 0.211. The summed E-state index contributed by atoms with van der Waals surface area (Å²) in [4.78, 5) is 28.5. The van der Waals surface area contributed by atoms with Gasteiger partial charge < -0.3 is 10.6 Å². The van der Waals surface area contributed by atoms with Crippen molar-refractivity contribution in [2.24, 2.45) is 0 Å². The Bertz CT molecular complexity index is 984. The van der Waals surface area contributed by atoms with Crippen LogP contribution in [0.4, 0.5) is 5.69 Å². The Hall–Kier alpha value is -2.44. The second-order valence-corrected chi connectivity index (χ2v) is 7.63. The molecule has 26 heavy (non-hydrogen) atoms. The lowest BCUT2D eigenvalue weighted by Crippen LogP contribution is -2.27. The highest BCUT2D eigenvalue weighted by Crippen LogP contribution is 2.26. The van der Waals surface area contributed by atoms with Gasteiger partial charge in [-0.25, -0.2) is 4.98 Å². The number of carbonyl (C=O) groups excluding carboxylic acids is 2. The number of benzene rings is 2. The average molecular weight is 388 g/mol. The third-order valence-electron chi connectivity index (χ3n) is 3.93. The number of nitrogens with zero attached hydrogens (tertiary/aromatic N) is 1. The van der Waals surface area contributed by atoms with Crippen LogP contribution in [-0.4, -0.2) is 23.3 Å². The van der Waals surface area contributed by atoms with E-state index in [9.17, 15) is 9.59 Å². The van der Waals surface area contributed by atoms with Crippen LogP contribution in [-0.2, 0) is 4.79 Å². The number of fused-ring (bicyclic) bond motifs is 1. The molecular weight excluding hydrogens is 370 g/mol. The Morgan fingerprint density at radius 3 is 2.77 bits per heavy atom. The molecule has 0 spiro atoms. The van der Waals surface area contributed by atoms with Gasteiger partial charge in [0.05, 0.1) is 10.2 Å². The number of aryl methyl sites for hydroxylation is 2. The molecule has 134 valence electrons. The molecule has 3 aromatic rings. The first kappa shape index (κ1) is 18.4. The highest BCUT2D eigenvalue weighted by Gasteiger charge is 2.10. The third-order valence-corrected chi connectivity index (χ3v) is 5.07. The van der Waals surface area contributed by atoms with Crippen LogP contribution in [0.25, 0.3) is 10.2 Å². The minimum absolute atomic E-state index is 0.138. The van der Waals surface area contributed by atoms with Gasteiger partial charge in [-0.15, -0.1) is 11.3 Å². The van der Waals surface area contributed by atoms with Crippen LogP contribution >= 0.6 is 22.9 Å². The largest absolute Gasteiger partial charge is 0.352 e. The molecular formula is C19H18ClN3O2S. The van der Waals surface area contributed by atoms with Gasteiger partial charge in [-0.2, -0.15) is 0 Å². The normalized spacial score (nSPS) is 10.7. The van der Waals surface area contributed by atoms with Crippen molar-refractivity contribution in [2.45, 2.75) is 20.3 Å². The zero-order valence-electron chi connectivity index (χ0n) is 14.4. The quantitative estimate of drug-likeness (QED) is 0.684. The molecule has 1 heterocycles. The minimum atomic E-state index is -0.240. The summed E-state index contributed by atoms with van der Waals surface area (Å²) in [5.41, 5.74) is 4.07. The van der Waals surface area contributed by atoms with E-state index in [0.29, 0.717) is 15.5 Å². The lowest BCUT2D eigenvalue weighted by Gasteiger charge is -2.10. The molecule has 0 saturated heterocycles. The number of rotatable bonds is 5. The Morgan fingerprint density at radius 2 is 1.96 bits per heavy atom. The second-order valence-electron chi connectivity index (χ2n) is 6.02. The molecule has 1 aromatic heterocycles. The summed E-state index contributed by atoms with van der Waals surface area (Å²) in [7, 11) is 0. The number of hydrogen-bond acceptors (Lipinski definition) is 4. The number of aromatic nitrogens is 1.